The van der Waals surface area contributed by atoms with E-state index >= 15 is 0 Å². The molecule has 4 aliphatic heterocycles. The summed E-state index contributed by atoms with van der Waals surface area (Å²) in [5.74, 6) is 1.10. The van der Waals surface area contributed by atoms with E-state index in [1.165, 1.54) is 48.2 Å². The van der Waals surface area contributed by atoms with Crippen molar-refractivity contribution in [2.24, 2.45) is 0 Å². The van der Waals surface area contributed by atoms with Crippen LogP contribution in [0, 0.1) is 0 Å². The summed E-state index contributed by atoms with van der Waals surface area (Å²) in [7, 11) is 8.37. The number of H-pyrrole nitrogens is 2. The number of aromatic amines is 2. The smallest absolute Gasteiger partial charge is 0.0695 e. The predicted octanol–water partition coefficient (Wildman–Crippen LogP) is 6.09. The molecule has 6 rings (SSSR count). The molecule has 4 unspecified atom stereocenters. The lowest BCUT2D eigenvalue weighted by atomic mass is 9.79. The molecule has 4 N–H and O–H groups in total. The Morgan fingerprint density at radius 3 is 1.27 bits per heavy atom. The molecule has 48 heavy (non-hydrogen) atoms. The van der Waals surface area contributed by atoms with Crippen molar-refractivity contribution in [3.05, 3.63) is 34.9 Å². The Hall–Kier alpha value is -1.82. The lowest BCUT2D eigenvalue weighted by Crippen LogP contribution is -2.43. The van der Waals surface area contributed by atoms with Gasteiger partial charge in [0, 0.05) is 73.6 Å². The molecule has 0 radical (unpaired) electrons. The number of aromatic nitrogens is 4. The van der Waals surface area contributed by atoms with Gasteiger partial charge in [-0.1, -0.05) is 27.7 Å². The highest BCUT2D eigenvalue weighted by Crippen LogP contribution is 2.57. The number of likely N-dealkylation sites (N-methyl/N-ethyl adjacent to an activating group) is 4. The molecule has 4 bridgehead atoms. The maximum Gasteiger partial charge on any atom is 0.0695 e. The average molecular weight is 669 g/mol. The molecule has 4 fully saturated rings. The van der Waals surface area contributed by atoms with E-state index in [1.54, 1.807) is 0 Å². The second kappa shape index (κ2) is 16.0. The van der Waals surface area contributed by atoms with E-state index in [0.29, 0.717) is 11.8 Å². The van der Waals surface area contributed by atoms with Gasteiger partial charge in [-0.2, -0.15) is 10.2 Å². The zero-order valence-electron chi connectivity index (χ0n) is 31.6. The van der Waals surface area contributed by atoms with E-state index < -0.39 is 0 Å². The van der Waals surface area contributed by atoms with Gasteiger partial charge in [-0.25, -0.2) is 0 Å². The van der Waals surface area contributed by atoms with Gasteiger partial charge in [0.15, 0.2) is 0 Å². The van der Waals surface area contributed by atoms with Crippen molar-refractivity contribution in [1.82, 2.24) is 40.8 Å². The second-order valence-corrected chi connectivity index (χ2v) is 15.9. The topological polar surface area (TPSA) is 106 Å². The molecule has 10 nitrogen and oxygen atoms in total. The van der Waals surface area contributed by atoms with Crippen LogP contribution < -0.4 is 10.6 Å². The molecule has 6 heterocycles. The normalized spacial score (nSPS) is 32.6. The third kappa shape index (κ3) is 8.21. The van der Waals surface area contributed by atoms with Crippen molar-refractivity contribution in [3.8, 4) is 0 Å². The Bertz CT molecular complexity index is 1150. The summed E-state index contributed by atoms with van der Waals surface area (Å²) < 4.78 is 13.2. The molecule has 0 aromatic carbocycles. The summed E-state index contributed by atoms with van der Waals surface area (Å²) in [6, 6.07) is 0. The molecule has 4 aliphatic rings. The number of fused-ring (bicyclic) bond motifs is 4. The molecule has 0 spiro atoms. The van der Waals surface area contributed by atoms with Crippen LogP contribution >= 0.6 is 0 Å². The zero-order chi connectivity index (χ0) is 34.4. The first kappa shape index (κ1) is 37.4. The molecule has 4 atom stereocenters. The summed E-state index contributed by atoms with van der Waals surface area (Å²) in [6.07, 6.45) is 18.0. The first-order valence-electron chi connectivity index (χ1n) is 19.2. The third-order valence-electron chi connectivity index (χ3n) is 12.7. The molecule has 2 aromatic rings. The van der Waals surface area contributed by atoms with E-state index in [-0.39, 0.29) is 22.4 Å². The molecule has 2 aromatic heterocycles. The maximum absolute atomic E-state index is 6.62. The summed E-state index contributed by atoms with van der Waals surface area (Å²) in [6.45, 7) is 15.2. The van der Waals surface area contributed by atoms with Crippen LogP contribution in [0.15, 0.2) is 12.4 Å². The Labute approximate surface area is 291 Å². The van der Waals surface area contributed by atoms with Crippen molar-refractivity contribution in [2.75, 3.05) is 54.4 Å². The Morgan fingerprint density at radius 2 is 0.979 bits per heavy atom. The van der Waals surface area contributed by atoms with Gasteiger partial charge in [0.05, 0.1) is 34.8 Å². The van der Waals surface area contributed by atoms with E-state index in [9.17, 15) is 0 Å². The summed E-state index contributed by atoms with van der Waals surface area (Å²) in [5.41, 5.74) is 5.81. The fraction of sp³-hybridized carbons (Fsp3) is 0.842. The van der Waals surface area contributed by atoms with E-state index in [2.05, 4.69) is 82.6 Å². The van der Waals surface area contributed by atoms with Gasteiger partial charge in [0.25, 0.3) is 0 Å². The zero-order valence-corrected chi connectivity index (χ0v) is 31.6. The van der Waals surface area contributed by atoms with Crippen molar-refractivity contribution in [1.29, 1.82) is 0 Å². The largest absolute Gasteiger partial charge is 0.369 e. The highest BCUT2D eigenvalue weighted by molar-refractivity contribution is 5.25. The number of nitrogens with zero attached hydrogens (tertiary/aromatic N) is 4. The van der Waals surface area contributed by atoms with Gasteiger partial charge in [-0.3, -0.25) is 10.2 Å². The van der Waals surface area contributed by atoms with E-state index in [4.69, 9.17) is 9.47 Å². The lowest BCUT2D eigenvalue weighted by Gasteiger charge is -2.43. The first-order valence-corrected chi connectivity index (χ1v) is 19.2. The monoisotopic (exact) mass is 669 g/mol. The van der Waals surface area contributed by atoms with Gasteiger partial charge >= 0.3 is 0 Å². The average Bonchev–Trinajstić information content (AvgIpc) is 3.88. The minimum absolute atomic E-state index is 0.0966. The molecule has 0 aliphatic carbocycles. The second-order valence-electron chi connectivity index (χ2n) is 15.9. The van der Waals surface area contributed by atoms with Gasteiger partial charge in [0.1, 0.15) is 0 Å². The van der Waals surface area contributed by atoms with Crippen LogP contribution in [-0.4, -0.2) is 107 Å². The Kier molecular flexibility index (Phi) is 12.5. The quantitative estimate of drug-likeness (QED) is 0.170. The minimum atomic E-state index is 0.0966. The highest BCUT2D eigenvalue weighted by atomic mass is 16.5. The van der Waals surface area contributed by atoms with Crippen LogP contribution in [0.4, 0.5) is 0 Å². The molecule has 4 saturated heterocycles. The van der Waals surface area contributed by atoms with E-state index in [1.807, 2.05) is 26.5 Å². The summed E-state index contributed by atoms with van der Waals surface area (Å²) in [4.78, 5) is 4.73. The van der Waals surface area contributed by atoms with Crippen LogP contribution in [0.1, 0.15) is 139 Å². The van der Waals surface area contributed by atoms with Crippen LogP contribution in [0.3, 0.4) is 0 Å². The van der Waals surface area contributed by atoms with Gasteiger partial charge in [0.2, 0.25) is 0 Å². The number of hydrogen-bond donors (Lipinski definition) is 4. The number of ether oxygens (including phenoxy) is 2. The number of rotatable bonds is 16. The van der Waals surface area contributed by atoms with Gasteiger partial charge < -0.3 is 29.9 Å². The van der Waals surface area contributed by atoms with Crippen molar-refractivity contribution in [2.45, 2.75) is 152 Å². The lowest BCUT2D eigenvalue weighted by molar-refractivity contribution is -0.149. The minimum Gasteiger partial charge on any atom is -0.369 e. The molecular weight excluding hydrogens is 600 g/mol. The van der Waals surface area contributed by atoms with Crippen LogP contribution in [-0.2, 0) is 22.6 Å². The maximum atomic E-state index is 6.62. The van der Waals surface area contributed by atoms with Gasteiger partial charge in [-0.05, 0) is 105 Å². The molecule has 10 heteroatoms. The predicted molar refractivity (Wildman–Crippen MR) is 194 cm³/mol. The Balaban J connectivity index is 0.000000188. The first-order chi connectivity index (χ1) is 23.1. The molecule has 0 amide bonds. The fourth-order valence-corrected chi connectivity index (χ4v) is 9.48. The molecule has 0 saturated carbocycles. The SMILES string of the molecule is CCC12CCC(CC)(CC(c3[nH]ncc3CN(C)CCNC)C1)O2.CCC12CCC(CC)(CC(c3[nH]ncc3CN(C)CCNC)C1)O2. The van der Waals surface area contributed by atoms with Gasteiger partial charge in [-0.15, -0.1) is 0 Å². The van der Waals surface area contributed by atoms with Crippen molar-refractivity contribution < 1.29 is 9.47 Å². The van der Waals surface area contributed by atoms with Crippen LogP contribution in [0.2, 0.25) is 0 Å². The molecule has 272 valence electrons. The van der Waals surface area contributed by atoms with Crippen LogP contribution in [0.25, 0.3) is 0 Å². The number of nitrogens with one attached hydrogen (secondary N) is 4. The van der Waals surface area contributed by atoms with Crippen molar-refractivity contribution >= 4 is 0 Å². The third-order valence-corrected chi connectivity index (χ3v) is 12.7. The number of hydrogen-bond acceptors (Lipinski definition) is 8. The standard InChI is InChI=1S/2C19H34N4O/c2*1-5-18-7-8-19(6-2,24-18)12-15(11-18)17-16(13-21-22-17)14-23(4)10-9-20-3/h2*13,15,20H,5-12,14H2,1-4H3,(H,21,22). The fourth-order valence-electron chi connectivity index (χ4n) is 9.48. The summed E-state index contributed by atoms with van der Waals surface area (Å²) >= 11 is 0. The van der Waals surface area contributed by atoms with Crippen LogP contribution in [0.5, 0.6) is 0 Å². The highest BCUT2D eigenvalue weighted by Gasteiger charge is 2.55. The summed E-state index contributed by atoms with van der Waals surface area (Å²) in [5, 5.41) is 21.9. The van der Waals surface area contributed by atoms with Crippen molar-refractivity contribution in [3.63, 3.8) is 0 Å². The molecular formula is C38H68N8O2. The van der Waals surface area contributed by atoms with E-state index in [0.717, 1.165) is 90.6 Å². The Morgan fingerprint density at radius 1 is 0.646 bits per heavy atom.